The number of halogens is 2. The zero-order valence-electron chi connectivity index (χ0n) is 16.5. The summed E-state index contributed by atoms with van der Waals surface area (Å²) in [6.45, 7) is 13.0. The molecule has 0 spiro atoms. The molecular weight excluding hydrogens is 445 g/mol. The van der Waals surface area contributed by atoms with Crippen molar-refractivity contribution in [3.05, 3.63) is 11.6 Å². The van der Waals surface area contributed by atoms with Gasteiger partial charge >= 0.3 is 158 Å². The molecule has 0 atom stereocenters. The third-order valence-corrected chi connectivity index (χ3v) is 27.9. The summed E-state index contributed by atoms with van der Waals surface area (Å²) in [6, 6.07) is 0. The molecule has 0 aliphatic carbocycles. The second-order valence-electron chi connectivity index (χ2n) is 8.23. The molecule has 1 heterocycles. The summed E-state index contributed by atoms with van der Waals surface area (Å²) in [6.07, 6.45) is 7.04. The summed E-state index contributed by atoms with van der Waals surface area (Å²) in [5.41, 5.74) is 0. The first-order valence-corrected chi connectivity index (χ1v) is 21.5. The fraction of sp³-hybridized carbons (Fsp3) is 0.789. The Bertz CT molecular complexity index is 486. The first-order valence-electron chi connectivity index (χ1n) is 9.72. The van der Waals surface area contributed by atoms with Gasteiger partial charge in [-0.05, 0) is 0 Å². The van der Waals surface area contributed by atoms with Gasteiger partial charge in [-0.15, -0.1) is 0 Å². The Labute approximate surface area is 157 Å². The number of hydrogen-bond acceptors (Lipinski definition) is 1. The van der Waals surface area contributed by atoms with Crippen LogP contribution in [0.1, 0.15) is 59.3 Å². The van der Waals surface area contributed by atoms with Crippen LogP contribution < -0.4 is 7.39 Å². The van der Waals surface area contributed by atoms with Crippen molar-refractivity contribution in [3.8, 4) is 0 Å². The van der Waals surface area contributed by atoms with E-state index in [-0.39, 0.29) is 0 Å². The predicted octanol–water partition coefficient (Wildman–Crippen LogP) is 6.63. The molecule has 0 nitrogen and oxygen atoms in total. The molecule has 0 aliphatic heterocycles. The fourth-order valence-corrected chi connectivity index (χ4v) is 26.8. The van der Waals surface area contributed by atoms with Gasteiger partial charge in [-0.1, -0.05) is 0 Å². The zero-order chi connectivity index (χ0) is 18.4. The van der Waals surface area contributed by atoms with Crippen molar-refractivity contribution in [3.63, 3.8) is 0 Å². The van der Waals surface area contributed by atoms with E-state index in [1.54, 1.807) is 11.3 Å². The molecule has 0 unspecified atom stereocenters. The Morgan fingerprint density at radius 2 is 1.21 bits per heavy atom. The number of thiophene rings is 1. The third kappa shape index (κ3) is 5.53. The van der Waals surface area contributed by atoms with Crippen molar-refractivity contribution in [1.29, 1.82) is 0 Å². The van der Waals surface area contributed by atoms with Crippen molar-refractivity contribution >= 4 is 45.2 Å². The van der Waals surface area contributed by atoms with Crippen LogP contribution in [0.15, 0.2) is 0 Å². The molecule has 0 radical (unpaired) electrons. The molecular formula is C19H36F2SSiSn. The minimum atomic E-state index is -2.86. The van der Waals surface area contributed by atoms with Crippen LogP contribution in [0, 0.1) is 11.6 Å². The standard InChI is InChI=1S/C7H9F2SSi.3C4H9.Sn/c1-11(2,3)7-6(9)5(8)4-10-7;3*1-3-4-2;/h1-3H3;3*1,3-4H2,2H3;. The maximum atomic E-state index is 15.0. The van der Waals surface area contributed by atoms with E-state index in [1.165, 1.54) is 32.6 Å². The van der Waals surface area contributed by atoms with Gasteiger partial charge in [0.2, 0.25) is 0 Å². The SMILES string of the molecule is CCC[CH2][Sn]([CH2]CCC)([CH2]CCC)[c]1sc([Si](C)(C)C)c(F)c1F. The van der Waals surface area contributed by atoms with Crippen molar-refractivity contribution in [2.45, 2.75) is 92.2 Å². The van der Waals surface area contributed by atoms with Crippen LogP contribution in [-0.4, -0.2) is 26.5 Å². The van der Waals surface area contributed by atoms with Gasteiger partial charge in [0.25, 0.3) is 0 Å². The number of unbranched alkanes of at least 4 members (excludes halogenated alkanes) is 3. The zero-order valence-corrected chi connectivity index (χ0v) is 21.2. The van der Waals surface area contributed by atoms with Gasteiger partial charge in [0.05, 0.1) is 0 Å². The molecule has 5 heteroatoms. The second-order valence-corrected chi connectivity index (χ2v) is 28.7. The number of hydrogen-bond donors (Lipinski definition) is 0. The molecule has 0 saturated heterocycles. The molecule has 0 bridgehead atoms. The maximum absolute atomic E-state index is 15.0. The van der Waals surface area contributed by atoms with E-state index < -0.39 is 38.1 Å². The third-order valence-electron chi connectivity index (χ3n) is 4.99. The first-order chi connectivity index (χ1) is 11.2. The van der Waals surface area contributed by atoms with Crippen LogP contribution >= 0.6 is 11.3 Å². The molecule has 24 heavy (non-hydrogen) atoms. The van der Waals surface area contributed by atoms with Gasteiger partial charge in [-0.25, -0.2) is 0 Å². The monoisotopic (exact) mass is 482 g/mol. The Morgan fingerprint density at radius 1 is 0.792 bits per heavy atom. The Kier molecular flexibility index (Phi) is 9.47. The molecule has 0 aromatic carbocycles. The van der Waals surface area contributed by atoms with Crippen LogP contribution in [0.4, 0.5) is 8.78 Å². The van der Waals surface area contributed by atoms with Gasteiger partial charge in [-0.3, -0.25) is 0 Å². The van der Waals surface area contributed by atoms with Crippen LogP contribution in [0.3, 0.4) is 0 Å². The average molecular weight is 481 g/mol. The van der Waals surface area contributed by atoms with E-state index in [9.17, 15) is 4.39 Å². The molecule has 1 rings (SSSR count). The fourth-order valence-electron chi connectivity index (χ4n) is 3.48. The van der Waals surface area contributed by atoms with E-state index in [1.807, 2.05) is 0 Å². The van der Waals surface area contributed by atoms with Crippen LogP contribution in [0.2, 0.25) is 33.0 Å². The topological polar surface area (TPSA) is 0 Å². The van der Waals surface area contributed by atoms with Crippen molar-refractivity contribution in [1.82, 2.24) is 0 Å². The van der Waals surface area contributed by atoms with E-state index in [2.05, 4.69) is 40.4 Å². The van der Waals surface area contributed by atoms with Gasteiger partial charge in [0.1, 0.15) is 0 Å². The Balaban J connectivity index is 3.39. The van der Waals surface area contributed by atoms with E-state index in [0.717, 1.165) is 26.7 Å². The van der Waals surface area contributed by atoms with Gasteiger partial charge < -0.3 is 0 Å². The Hall–Kier alpha value is 0.576. The summed E-state index contributed by atoms with van der Waals surface area (Å²) in [7, 11) is -1.82. The van der Waals surface area contributed by atoms with Crippen LogP contribution in [0.5, 0.6) is 0 Å². The summed E-state index contributed by atoms with van der Waals surface area (Å²) < 4.78 is 35.1. The van der Waals surface area contributed by atoms with Gasteiger partial charge in [0.15, 0.2) is 0 Å². The molecule has 0 aliphatic rings. The van der Waals surface area contributed by atoms with Crippen molar-refractivity contribution in [2.24, 2.45) is 0 Å². The predicted molar refractivity (Wildman–Crippen MR) is 112 cm³/mol. The minimum absolute atomic E-state index is 0.434. The van der Waals surface area contributed by atoms with Crippen molar-refractivity contribution in [2.75, 3.05) is 0 Å². The van der Waals surface area contributed by atoms with E-state index in [4.69, 9.17) is 0 Å². The molecule has 1 aromatic rings. The van der Waals surface area contributed by atoms with Gasteiger partial charge in [-0.2, -0.15) is 0 Å². The molecule has 140 valence electrons. The first kappa shape index (κ1) is 22.6. The molecule has 0 amide bonds. The van der Waals surface area contributed by atoms with E-state index >= 15 is 4.39 Å². The molecule has 1 aromatic heterocycles. The normalized spacial score (nSPS) is 12.8. The summed E-state index contributed by atoms with van der Waals surface area (Å²) in [4.78, 5) is 0. The van der Waals surface area contributed by atoms with Crippen molar-refractivity contribution < 1.29 is 8.78 Å². The van der Waals surface area contributed by atoms with E-state index in [0.29, 0.717) is 0 Å². The summed E-state index contributed by atoms with van der Waals surface area (Å²) >= 11 is -1.30. The quantitative estimate of drug-likeness (QED) is 0.312. The molecule has 0 fully saturated rings. The number of rotatable bonds is 11. The van der Waals surface area contributed by atoms with Gasteiger partial charge in [0, 0.05) is 0 Å². The summed E-state index contributed by atoms with van der Waals surface area (Å²) in [5.74, 6) is -0.920. The van der Waals surface area contributed by atoms with Crippen LogP contribution in [0.25, 0.3) is 0 Å². The molecule has 0 N–H and O–H groups in total. The Morgan fingerprint density at radius 3 is 1.50 bits per heavy atom. The summed E-state index contributed by atoms with van der Waals surface area (Å²) in [5, 5.41) is 0. The molecule has 0 saturated carbocycles. The van der Waals surface area contributed by atoms with Crippen LogP contribution in [-0.2, 0) is 0 Å². The second kappa shape index (κ2) is 10.1. The average Bonchev–Trinajstić information content (AvgIpc) is 2.84.